The summed E-state index contributed by atoms with van der Waals surface area (Å²) >= 11 is 0. The smallest absolute Gasteiger partial charge is 0.405 e. The van der Waals surface area contributed by atoms with Gasteiger partial charge >= 0.3 is 12.1 Å². The fourth-order valence-electron chi connectivity index (χ4n) is 1.78. The third kappa shape index (κ3) is 4.33. The van der Waals surface area contributed by atoms with E-state index in [-0.39, 0.29) is 11.3 Å². The molecule has 1 amide bonds. The van der Waals surface area contributed by atoms with Crippen molar-refractivity contribution in [3.05, 3.63) is 33.2 Å². The topological polar surface area (TPSA) is 88.4 Å². The number of nitrogens with zero attached hydrogens (tertiary/aromatic N) is 1. The van der Waals surface area contributed by atoms with E-state index in [1.807, 2.05) is 0 Å². The number of aryl methyl sites for hydroxylation is 2. The summed E-state index contributed by atoms with van der Waals surface area (Å²) < 4.78 is 36.7. The van der Waals surface area contributed by atoms with Crippen LogP contribution in [-0.4, -0.2) is 34.3 Å². The molecule has 0 aliphatic carbocycles. The standard InChI is InChI=1S/C12H13F3N2O4/c1-6-3-7(2)17(10(19)9(6)11(20)21)4-8(18)16-5-12(13,14)15/h3H,4-5H2,1-2H3,(H,16,18)(H,20,21). The normalized spacial score (nSPS) is 11.3. The van der Waals surface area contributed by atoms with Crippen molar-refractivity contribution in [3.8, 4) is 0 Å². The Morgan fingerprint density at radius 2 is 1.90 bits per heavy atom. The second kappa shape index (κ2) is 5.98. The predicted octanol–water partition coefficient (Wildman–Crippen LogP) is 0.842. The van der Waals surface area contributed by atoms with E-state index >= 15 is 0 Å². The first-order valence-electron chi connectivity index (χ1n) is 5.80. The number of hydrogen-bond donors (Lipinski definition) is 2. The van der Waals surface area contributed by atoms with Gasteiger partial charge in [0.05, 0.1) is 0 Å². The minimum Gasteiger partial charge on any atom is -0.477 e. The van der Waals surface area contributed by atoms with Crippen molar-refractivity contribution < 1.29 is 27.9 Å². The number of pyridine rings is 1. The number of rotatable bonds is 4. The number of carboxylic acid groups (broad SMARTS) is 1. The highest BCUT2D eigenvalue weighted by atomic mass is 19.4. The lowest BCUT2D eigenvalue weighted by Crippen LogP contribution is -2.39. The van der Waals surface area contributed by atoms with E-state index in [2.05, 4.69) is 0 Å². The van der Waals surface area contributed by atoms with E-state index in [1.54, 1.807) is 5.32 Å². The zero-order chi connectivity index (χ0) is 16.4. The van der Waals surface area contributed by atoms with E-state index in [0.717, 1.165) is 4.57 Å². The molecule has 1 rings (SSSR count). The second-order valence-corrected chi connectivity index (χ2v) is 4.43. The molecule has 0 fully saturated rings. The van der Waals surface area contributed by atoms with Crippen LogP contribution in [0.4, 0.5) is 13.2 Å². The van der Waals surface area contributed by atoms with E-state index in [4.69, 9.17) is 5.11 Å². The molecule has 1 aromatic heterocycles. The molecule has 9 heteroatoms. The Morgan fingerprint density at radius 1 is 1.33 bits per heavy atom. The first-order valence-corrected chi connectivity index (χ1v) is 5.80. The van der Waals surface area contributed by atoms with Crippen molar-refractivity contribution >= 4 is 11.9 Å². The highest BCUT2D eigenvalue weighted by Gasteiger charge is 2.28. The largest absolute Gasteiger partial charge is 0.477 e. The number of halogens is 3. The maximum absolute atomic E-state index is 12.0. The van der Waals surface area contributed by atoms with Crippen LogP contribution in [0.1, 0.15) is 21.6 Å². The number of aromatic nitrogens is 1. The van der Waals surface area contributed by atoms with Crippen molar-refractivity contribution in [3.63, 3.8) is 0 Å². The van der Waals surface area contributed by atoms with Crippen LogP contribution in [0.25, 0.3) is 0 Å². The van der Waals surface area contributed by atoms with Crippen LogP contribution in [0.15, 0.2) is 10.9 Å². The van der Waals surface area contributed by atoms with Crippen molar-refractivity contribution in [2.45, 2.75) is 26.6 Å². The van der Waals surface area contributed by atoms with Crippen LogP contribution in [0.2, 0.25) is 0 Å². The maximum atomic E-state index is 12.0. The molecule has 116 valence electrons. The zero-order valence-electron chi connectivity index (χ0n) is 11.2. The summed E-state index contributed by atoms with van der Waals surface area (Å²) in [5.41, 5.74) is -0.937. The van der Waals surface area contributed by atoms with Crippen molar-refractivity contribution in [1.82, 2.24) is 9.88 Å². The molecule has 0 aliphatic heterocycles. The molecule has 0 radical (unpaired) electrons. The third-order valence-corrected chi connectivity index (χ3v) is 2.71. The van der Waals surface area contributed by atoms with Gasteiger partial charge in [-0.3, -0.25) is 9.59 Å². The molecule has 0 spiro atoms. The minimum absolute atomic E-state index is 0.219. The molecule has 0 atom stereocenters. The van der Waals surface area contributed by atoms with Gasteiger partial charge in [0, 0.05) is 5.69 Å². The average Bonchev–Trinajstić information content (AvgIpc) is 2.30. The highest BCUT2D eigenvalue weighted by Crippen LogP contribution is 2.12. The van der Waals surface area contributed by atoms with Crippen LogP contribution >= 0.6 is 0 Å². The number of carbonyl (C=O) groups excluding carboxylic acids is 1. The molecule has 0 aromatic carbocycles. The van der Waals surface area contributed by atoms with Gasteiger partial charge in [0.25, 0.3) is 5.56 Å². The van der Waals surface area contributed by atoms with Crippen molar-refractivity contribution in [1.29, 1.82) is 0 Å². The number of alkyl halides is 3. The summed E-state index contributed by atoms with van der Waals surface area (Å²) in [4.78, 5) is 34.4. The summed E-state index contributed by atoms with van der Waals surface area (Å²) in [6.45, 7) is 0.682. The number of carbonyl (C=O) groups is 2. The fraction of sp³-hybridized carbons (Fsp3) is 0.417. The molecule has 0 unspecified atom stereocenters. The van der Waals surface area contributed by atoms with Crippen LogP contribution < -0.4 is 10.9 Å². The first-order chi connectivity index (χ1) is 9.53. The molecule has 6 nitrogen and oxygen atoms in total. The first kappa shape index (κ1) is 16.7. The van der Waals surface area contributed by atoms with Crippen LogP contribution in [0, 0.1) is 13.8 Å². The lowest BCUT2D eigenvalue weighted by Gasteiger charge is -2.13. The van der Waals surface area contributed by atoms with E-state index in [9.17, 15) is 27.6 Å². The van der Waals surface area contributed by atoms with Gasteiger partial charge in [-0.05, 0) is 25.5 Å². The number of amides is 1. The number of hydrogen-bond acceptors (Lipinski definition) is 3. The van der Waals surface area contributed by atoms with Crippen LogP contribution in [0.5, 0.6) is 0 Å². The summed E-state index contributed by atoms with van der Waals surface area (Å²) in [7, 11) is 0. The van der Waals surface area contributed by atoms with E-state index in [0.29, 0.717) is 0 Å². The van der Waals surface area contributed by atoms with Gasteiger partial charge in [0.1, 0.15) is 18.7 Å². The monoisotopic (exact) mass is 306 g/mol. The zero-order valence-corrected chi connectivity index (χ0v) is 11.2. The molecule has 0 saturated carbocycles. The van der Waals surface area contributed by atoms with E-state index in [1.165, 1.54) is 19.9 Å². The number of carboxylic acids is 1. The molecular formula is C12H13F3N2O4. The van der Waals surface area contributed by atoms with Crippen molar-refractivity contribution in [2.24, 2.45) is 0 Å². The van der Waals surface area contributed by atoms with Gasteiger partial charge in [0.2, 0.25) is 5.91 Å². The highest BCUT2D eigenvalue weighted by molar-refractivity contribution is 5.89. The Hall–Kier alpha value is -2.32. The van der Waals surface area contributed by atoms with Crippen molar-refractivity contribution in [2.75, 3.05) is 6.54 Å². The second-order valence-electron chi connectivity index (χ2n) is 4.43. The lowest BCUT2D eigenvalue weighted by atomic mass is 10.1. The Bertz CT molecular complexity index is 635. The third-order valence-electron chi connectivity index (χ3n) is 2.71. The molecule has 0 bridgehead atoms. The molecule has 1 heterocycles. The molecule has 1 aromatic rings. The number of aromatic carboxylic acids is 1. The Balaban J connectivity index is 3.04. The Kier molecular flexibility index (Phi) is 4.77. The quantitative estimate of drug-likeness (QED) is 0.863. The Morgan fingerprint density at radius 3 is 2.38 bits per heavy atom. The van der Waals surface area contributed by atoms with E-state index < -0.39 is 42.3 Å². The fourth-order valence-corrected chi connectivity index (χ4v) is 1.78. The van der Waals surface area contributed by atoms with Gasteiger partial charge in [-0.1, -0.05) is 0 Å². The summed E-state index contributed by atoms with van der Waals surface area (Å²) in [5, 5.41) is 10.6. The van der Waals surface area contributed by atoms with Gasteiger partial charge in [-0.2, -0.15) is 13.2 Å². The van der Waals surface area contributed by atoms with Gasteiger partial charge in [-0.25, -0.2) is 4.79 Å². The predicted molar refractivity (Wildman–Crippen MR) is 66.2 cm³/mol. The Labute approximate surface area is 117 Å². The van der Waals surface area contributed by atoms with Crippen LogP contribution in [-0.2, 0) is 11.3 Å². The molecule has 0 saturated heterocycles. The molecule has 21 heavy (non-hydrogen) atoms. The summed E-state index contributed by atoms with van der Waals surface area (Å²) in [6, 6.07) is 1.38. The minimum atomic E-state index is -4.56. The average molecular weight is 306 g/mol. The van der Waals surface area contributed by atoms with Gasteiger partial charge in [0.15, 0.2) is 0 Å². The van der Waals surface area contributed by atoms with Crippen LogP contribution in [0.3, 0.4) is 0 Å². The lowest BCUT2D eigenvalue weighted by molar-refractivity contribution is -0.138. The summed E-state index contributed by atoms with van der Waals surface area (Å²) in [5.74, 6) is -2.49. The maximum Gasteiger partial charge on any atom is 0.405 e. The van der Waals surface area contributed by atoms with Gasteiger partial charge < -0.3 is 15.0 Å². The van der Waals surface area contributed by atoms with Gasteiger partial charge in [-0.15, -0.1) is 0 Å². The molecular weight excluding hydrogens is 293 g/mol. The SMILES string of the molecule is Cc1cc(C)n(CC(=O)NCC(F)(F)F)c(=O)c1C(=O)O. The number of nitrogens with one attached hydrogen (secondary N) is 1. The molecule has 0 aliphatic rings. The molecule has 2 N–H and O–H groups in total. The summed E-state index contributed by atoms with van der Waals surface area (Å²) in [6.07, 6.45) is -4.56.